The van der Waals surface area contributed by atoms with Crippen LogP contribution in [0.4, 0.5) is 0 Å². The van der Waals surface area contributed by atoms with Gasteiger partial charge in [-0.1, -0.05) is 19.1 Å². The summed E-state index contributed by atoms with van der Waals surface area (Å²) in [6.07, 6.45) is 4.77. The predicted octanol–water partition coefficient (Wildman–Crippen LogP) is 2.52. The van der Waals surface area contributed by atoms with E-state index < -0.39 is 0 Å². The Balaban J connectivity index is 2.93. The van der Waals surface area contributed by atoms with Crippen LogP contribution in [0.2, 0.25) is 0 Å². The van der Waals surface area contributed by atoms with E-state index in [0.717, 1.165) is 12.0 Å². The Bertz CT molecular complexity index is 270. The number of hydrogen-bond acceptors (Lipinski definition) is 2. The van der Waals surface area contributed by atoms with E-state index in [-0.39, 0.29) is 11.5 Å². The Morgan fingerprint density at radius 3 is 2.25 bits per heavy atom. The molecular formula is C10H12O2. The molecule has 2 N–H and O–H groups in total. The van der Waals surface area contributed by atoms with E-state index in [1.54, 1.807) is 12.1 Å². The predicted molar refractivity (Wildman–Crippen MR) is 49.1 cm³/mol. The van der Waals surface area contributed by atoms with Crippen LogP contribution in [-0.4, -0.2) is 10.2 Å². The lowest BCUT2D eigenvalue weighted by molar-refractivity contribution is 0.450. The first-order valence-corrected chi connectivity index (χ1v) is 3.92. The average Bonchev–Trinajstić information content (AvgIpc) is 1.99. The van der Waals surface area contributed by atoms with Gasteiger partial charge in [0.15, 0.2) is 0 Å². The highest BCUT2D eigenvalue weighted by atomic mass is 16.3. The topological polar surface area (TPSA) is 40.5 Å². The molecule has 0 radical (unpaired) electrons. The van der Waals surface area contributed by atoms with Crippen LogP contribution in [0.3, 0.4) is 0 Å². The quantitative estimate of drug-likeness (QED) is 0.705. The number of benzene rings is 1. The lowest BCUT2D eigenvalue weighted by Crippen LogP contribution is -1.72. The largest absolute Gasteiger partial charge is 0.508 e. The van der Waals surface area contributed by atoms with Crippen molar-refractivity contribution in [3.63, 3.8) is 0 Å². The third kappa shape index (κ3) is 2.31. The second kappa shape index (κ2) is 3.81. The highest BCUT2D eigenvalue weighted by Gasteiger charge is 1.94. The summed E-state index contributed by atoms with van der Waals surface area (Å²) < 4.78 is 0. The molecule has 0 fully saturated rings. The zero-order valence-corrected chi connectivity index (χ0v) is 6.99. The van der Waals surface area contributed by atoms with Crippen molar-refractivity contribution in [1.82, 2.24) is 0 Å². The molecule has 0 aliphatic rings. The summed E-state index contributed by atoms with van der Waals surface area (Å²) in [7, 11) is 0. The maximum absolute atomic E-state index is 9.10. The zero-order chi connectivity index (χ0) is 8.97. The minimum Gasteiger partial charge on any atom is -0.508 e. The molecule has 0 saturated carbocycles. The Kier molecular flexibility index (Phi) is 2.75. The van der Waals surface area contributed by atoms with Gasteiger partial charge in [-0.15, -0.1) is 0 Å². The first-order valence-electron chi connectivity index (χ1n) is 3.92. The molecule has 0 amide bonds. The Labute approximate surface area is 71.8 Å². The van der Waals surface area contributed by atoms with Crippen molar-refractivity contribution in [3.05, 3.63) is 29.8 Å². The highest BCUT2D eigenvalue weighted by molar-refractivity contribution is 5.54. The molecule has 0 aliphatic carbocycles. The molecule has 0 spiro atoms. The molecule has 0 heterocycles. The van der Waals surface area contributed by atoms with Gasteiger partial charge in [-0.05, 0) is 24.1 Å². The Morgan fingerprint density at radius 2 is 1.75 bits per heavy atom. The van der Waals surface area contributed by atoms with E-state index in [0.29, 0.717) is 0 Å². The van der Waals surface area contributed by atoms with Crippen LogP contribution in [0.15, 0.2) is 24.3 Å². The number of rotatable bonds is 2. The summed E-state index contributed by atoms with van der Waals surface area (Å²) in [5.41, 5.74) is 0.814. The van der Waals surface area contributed by atoms with Crippen molar-refractivity contribution in [2.75, 3.05) is 0 Å². The van der Waals surface area contributed by atoms with Crippen LogP contribution < -0.4 is 0 Å². The fraction of sp³-hybridized carbons (Fsp3) is 0.200. The summed E-state index contributed by atoms with van der Waals surface area (Å²) in [5, 5.41) is 18.2. The number of allylic oxidation sites excluding steroid dienone is 1. The van der Waals surface area contributed by atoms with Crippen molar-refractivity contribution in [2.45, 2.75) is 13.3 Å². The molecule has 64 valence electrons. The van der Waals surface area contributed by atoms with Crippen molar-refractivity contribution in [2.24, 2.45) is 0 Å². The van der Waals surface area contributed by atoms with Crippen LogP contribution >= 0.6 is 0 Å². The molecule has 0 atom stereocenters. The molecule has 0 aliphatic heterocycles. The monoisotopic (exact) mass is 164 g/mol. The summed E-state index contributed by atoms with van der Waals surface area (Å²) in [6.45, 7) is 2.03. The number of phenols is 2. The lowest BCUT2D eigenvalue weighted by Gasteiger charge is -1.97. The molecule has 0 bridgehead atoms. The maximum atomic E-state index is 9.10. The highest BCUT2D eigenvalue weighted by Crippen LogP contribution is 2.21. The van der Waals surface area contributed by atoms with E-state index in [4.69, 9.17) is 10.2 Å². The Morgan fingerprint density at radius 1 is 1.17 bits per heavy atom. The standard InChI is InChI=1S/C10H12O2/c1-2-3-4-8-5-9(11)7-10(12)6-8/h3-7,11-12H,2H2,1H3/b4-3-. The number of hydrogen-bond donors (Lipinski definition) is 2. The van der Waals surface area contributed by atoms with Crippen LogP contribution in [-0.2, 0) is 0 Å². The number of aromatic hydroxyl groups is 2. The van der Waals surface area contributed by atoms with Crippen LogP contribution in [0.1, 0.15) is 18.9 Å². The van der Waals surface area contributed by atoms with Gasteiger partial charge in [-0.25, -0.2) is 0 Å². The second-order valence-electron chi connectivity index (χ2n) is 2.59. The van der Waals surface area contributed by atoms with Crippen LogP contribution in [0.25, 0.3) is 6.08 Å². The van der Waals surface area contributed by atoms with Crippen molar-refractivity contribution < 1.29 is 10.2 Å². The van der Waals surface area contributed by atoms with Gasteiger partial charge in [0.2, 0.25) is 0 Å². The van der Waals surface area contributed by atoms with E-state index in [9.17, 15) is 0 Å². The third-order valence-corrected chi connectivity index (χ3v) is 1.47. The second-order valence-corrected chi connectivity index (χ2v) is 2.59. The molecule has 0 unspecified atom stereocenters. The van der Waals surface area contributed by atoms with Gasteiger partial charge in [0.1, 0.15) is 11.5 Å². The summed E-state index contributed by atoms with van der Waals surface area (Å²) in [6, 6.07) is 4.51. The minimum absolute atomic E-state index is 0.0887. The van der Waals surface area contributed by atoms with E-state index in [1.165, 1.54) is 6.07 Å². The molecular weight excluding hydrogens is 152 g/mol. The first-order chi connectivity index (χ1) is 5.72. The van der Waals surface area contributed by atoms with Gasteiger partial charge in [0.05, 0.1) is 0 Å². The SMILES string of the molecule is CC/C=C\c1cc(O)cc(O)c1. The van der Waals surface area contributed by atoms with Crippen LogP contribution in [0.5, 0.6) is 11.5 Å². The molecule has 2 heteroatoms. The van der Waals surface area contributed by atoms with Crippen LogP contribution in [0, 0.1) is 0 Å². The van der Waals surface area contributed by atoms with Gasteiger partial charge in [0, 0.05) is 6.07 Å². The van der Waals surface area contributed by atoms with Gasteiger partial charge < -0.3 is 10.2 Å². The minimum atomic E-state index is 0.0887. The molecule has 2 nitrogen and oxygen atoms in total. The smallest absolute Gasteiger partial charge is 0.119 e. The van der Waals surface area contributed by atoms with Gasteiger partial charge >= 0.3 is 0 Å². The van der Waals surface area contributed by atoms with E-state index in [2.05, 4.69) is 0 Å². The summed E-state index contributed by atoms with van der Waals surface area (Å²) in [4.78, 5) is 0. The first kappa shape index (κ1) is 8.65. The van der Waals surface area contributed by atoms with Crippen molar-refractivity contribution >= 4 is 6.08 Å². The Hall–Kier alpha value is -1.44. The molecule has 0 saturated heterocycles. The van der Waals surface area contributed by atoms with Gasteiger partial charge in [-0.2, -0.15) is 0 Å². The van der Waals surface area contributed by atoms with Crippen molar-refractivity contribution in [3.8, 4) is 11.5 Å². The third-order valence-electron chi connectivity index (χ3n) is 1.47. The molecule has 12 heavy (non-hydrogen) atoms. The van der Waals surface area contributed by atoms with E-state index in [1.807, 2.05) is 19.1 Å². The summed E-state index contributed by atoms with van der Waals surface area (Å²) >= 11 is 0. The fourth-order valence-electron chi connectivity index (χ4n) is 0.968. The maximum Gasteiger partial charge on any atom is 0.119 e. The fourth-order valence-corrected chi connectivity index (χ4v) is 0.968. The lowest BCUT2D eigenvalue weighted by atomic mass is 10.2. The molecule has 1 rings (SSSR count). The average molecular weight is 164 g/mol. The molecule has 1 aromatic rings. The normalized spacial score (nSPS) is 10.8. The summed E-state index contributed by atoms with van der Waals surface area (Å²) in [5.74, 6) is 0.177. The molecule has 0 aromatic heterocycles. The van der Waals surface area contributed by atoms with Gasteiger partial charge in [0.25, 0.3) is 0 Å². The number of phenolic OH excluding ortho intramolecular Hbond substituents is 2. The zero-order valence-electron chi connectivity index (χ0n) is 6.99. The van der Waals surface area contributed by atoms with Crippen molar-refractivity contribution in [1.29, 1.82) is 0 Å². The molecule has 1 aromatic carbocycles. The van der Waals surface area contributed by atoms with Gasteiger partial charge in [-0.3, -0.25) is 0 Å². The van der Waals surface area contributed by atoms with E-state index >= 15 is 0 Å².